The van der Waals surface area contributed by atoms with Crippen molar-refractivity contribution in [2.75, 3.05) is 38.0 Å². The maximum Gasteiger partial charge on any atom is 0.410 e. The molecule has 27 heteroatoms. The number of piperazine rings is 1. The number of hydrogen-bond donors (Lipinski definition) is 8. The lowest BCUT2D eigenvalue weighted by atomic mass is 9.88. The quantitative estimate of drug-likeness (QED) is 0.0119. The van der Waals surface area contributed by atoms with E-state index in [9.17, 15) is 68.1 Å². The van der Waals surface area contributed by atoms with E-state index in [2.05, 4.69) is 21.3 Å². The number of esters is 2. The average molecular weight is 1260 g/mol. The lowest BCUT2D eigenvalue weighted by Crippen LogP contribution is -2.55. The molecular formula is C63H90N8O19. The van der Waals surface area contributed by atoms with Gasteiger partial charge in [0, 0.05) is 82.2 Å². The summed E-state index contributed by atoms with van der Waals surface area (Å²) in [6.07, 6.45) is 6.43. The van der Waals surface area contributed by atoms with Crippen LogP contribution in [-0.2, 0) is 73.4 Å². The minimum atomic E-state index is -1.56. The van der Waals surface area contributed by atoms with Crippen LogP contribution >= 0.6 is 0 Å². The summed E-state index contributed by atoms with van der Waals surface area (Å²) in [6.45, 7) is 14.8. The van der Waals surface area contributed by atoms with Crippen LogP contribution < -0.4 is 27.0 Å². The molecule has 1 aromatic carbocycles. The second kappa shape index (κ2) is 33.7. The Hall–Kier alpha value is -8.01. The third kappa shape index (κ3) is 22.8. The first kappa shape index (κ1) is 72.7. The lowest BCUT2D eigenvalue weighted by Gasteiger charge is -2.39. The van der Waals surface area contributed by atoms with E-state index < -0.39 is 120 Å². The van der Waals surface area contributed by atoms with Crippen LogP contribution in [0.25, 0.3) is 0 Å². The number of benzene rings is 1. The van der Waals surface area contributed by atoms with Crippen molar-refractivity contribution in [2.24, 2.45) is 17.6 Å². The van der Waals surface area contributed by atoms with E-state index in [-0.39, 0.29) is 101 Å². The van der Waals surface area contributed by atoms with Crippen molar-refractivity contribution >= 4 is 71.2 Å². The maximum absolute atomic E-state index is 13.9. The van der Waals surface area contributed by atoms with Gasteiger partial charge in [-0.05, 0) is 96.1 Å². The first-order valence-electron chi connectivity index (χ1n) is 30.5. The lowest BCUT2D eigenvalue weighted by molar-refractivity contribution is -0.158. The van der Waals surface area contributed by atoms with Crippen LogP contribution in [0.1, 0.15) is 132 Å². The van der Waals surface area contributed by atoms with E-state index in [1.54, 1.807) is 70.2 Å². The Morgan fingerprint density at radius 3 is 2.11 bits per heavy atom. The van der Waals surface area contributed by atoms with Gasteiger partial charge in [0.1, 0.15) is 30.8 Å². The number of nitrogens with one attached hydrogen (secondary N) is 4. The van der Waals surface area contributed by atoms with Gasteiger partial charge in [-0.15, -0.1) is 0 Å². The number of rotatable bonds is 27. The van der Waals surface area contributed by atoms with Crippen molar-refractivity contribution in [3.05, 3.63) is 77.9 Å². The molecule has 2 fully saturated rings. The zero-order chi connectivity index (χ0) is 66.6. The number of cyclic esters (lactones) is 1. The van der Waals surface area contributed by atoms with Crippen molar-refractivity contribution in [3.63, 3.8) is 0 Å². The Balaban J connectivity index is 1.09. The number of aliphatic hydroxyl groups is 3. The number of nitrogens with two attached hydrogens (primary N) is 1. The number of imide groups is 1. The highest BCUT2D eigenvalue weighted by molar-refractivity contribution is 6.12. The van der Waals surface area contributed by atoms with Gasteiger partial charge in [-0.25, -0.2) is 9.59 Å². The fourth-order valence-electron chi connectivity index (χ4n) is 10.4. The van der Waals surface area contributed by atoms with Gasteiger partial charge < -0.3 is 75.8 Å². The predicted molar refractivity (Wildman–Crippen MR) is 324 cm³/mol. The summed E-state index contributed by atoms with van der Waals surface area (Å²) in [5.41, 5.74) is 3.96. The molecule has 9 amide bonds. The molecule has 0 saturated carbocycles. The highest BCUT2D eigenvalue weighted by Gasteiger charge is 2.47. The molecule has 0 aliphatic carbocycles. The number of unbranched alkanes of at least 4 members (excludes halogenated alkanes) is 2. The van der Waals surface area contributed by atoms with Gasteiger partial charge in [-0.1, -0.05) is 63.6 Å². The van der Waals surface area contributed by atoms with Crippen molar-refractivity contribution < 1.29 is 91.7 Å². The minimum Gasteiger partial charge on any atom is -0.457 e. The van der Waals surface area contributed by atoms with Crippen LogP contribution in [0.15, 0.2) is 72.4 Å². The Bertz CT molecular complexity index is 2850. The largest absolute Gasteiger partial charge is 0.457 e. The van der Waals surface area contributed by atoms with Crippen molar-refractivity contribution in [2.45, 2.75) is 199 Å². The summed E-state index contributed by atoms with van der Waals surface area (Å²) >= 11 is 0. The highest BCUT2D eigenvalue weighted by atomic mass is 16.6. The van der Waals surface area contributed by atoms with Crippen LogP contribution in [0.4, 0.5) is 15.3 Å². The Labute approximate surface area is 524 Å². The minimum absolute atomic E-state index is 0.0361. The number of primary amides is 1. The van der Waals surface area contributed by atoms with E-state index >= 15 is 0 Å². The van der Waals surface area contributed by atoms with E-state index in [0.717, 1.165) is 4.90 Å². The van der Waals surface area contributed by atoms with Gasteiger partial charge in [0.2, 0.25) is 29.5 Å². The molecule has 496 valence electrons. The molecule has 4 aliphatic heterocycles. The number of nitrogens with zero attached hydrogens (tertiary/aromatic N) is 3. The molecule has 4 heterocycles. The smallest absolute Gasteiger partial charge is 0.410 e. The molecule has 4 aliphatic rings. The molecule has 0 bridgehead atoms. The summed E-state index contributed by atoms with van der Waals surface area (Å²) in [4.78, 5) is 144. The summed E-state index contributed by atoms with van der Waals surface area (Å²) < 4.78 is 29.2. The zero-order valence-corrected chi connectivity index (χ0v) is 52.8. The van der Waals surface area contributed by atoms with Gasteiger partial charge >= 0.3 is 24.1 Å². The molecule has 0 radical (unpaired) electrons. The van der Waals surface area contributed by atoms with Crippen LogP contribution in [0, 0.1) is 11.8 Å². The fourth-order valence-corrected chi connectivity index (χ4v) is 10.4. The van der Waals surface area contributed by atoms with Gasteiger partial charge in [-0.3, -0.25) is 48.1 Å². The van der Waals surface area contributed by atoms with Gasteiger partial charge in [-0.2, -0.15) is 0 Å². The molecule has 2 saturated heterocycles. The molecule has 13 atom stereocenters. The van der Waals surface area contributed by atoms with Crippen molar-refractivity contribution in [1.29, 1.82) is 0 Å². The Morgan fingerprint density at radius 1 is 0.867 bits per heavy atom. The number of ether oxygens (including phenoxy) is 5. The van der Waals surface area contributed by atoms with Crippen molar-refractivity contribution in [1.82, 2.24) is 30.7 Å². The maximum atomic E-state index is 13.9. The van der Waals surface area contributed by atoms with E-state index in [1.807, 2.05) is 13.8 Å². The topological polar surface area (TPSA) is 382 Å². The highest BCUT2D eigenvalue weighted by Crippen LogP contribution is 2.38. The summed E-state index contributed by atoms with van der Waals surface area (Å²) in [5.74, 6) is -6.40. The summed E-state index contributed by atoms with van der Waals surface area (Å²) in [7, 11) is 0. The molecule has 0 aromatic heterocycles. The number of carbonyl (C=O) groups excluding carboxylic acids is 11. The number of epoxide rings is 1. The number of allylic oxidation sites excluding steroid dienone is 2. The molecule has 6 unspecified atom stereocenters. The molecule has 1 aromatic rings. The van der Waals surface area contributed by atoms with Crippen LogP contribution in [0.2, 0.25) is 0 Å². The molecule has 27 nitrogen and oxygen atoms in total. The molecule has 9 N–H and O–H groups in total. The molecular weight excluding hydrogens is 1170 g/mol. The Morgan fingerprint density at radius 2 is 1.49 bits per heavy atom. The van der Waals surface area contributed by atoms with E-state index in [1.165, 1.54) is 54.9 Å². The van der Waals surface area contributed by atoms with E-state index in [4.69, 9.17) is 29.4 Å². The average Bonchev–Trinajstić information content (AvgIpc) is 1.70. The molecule has 0 spiro atoms. The predicted octanol–water partition coefficient (Wildman–Crippen LogP) is 3.03. The van der Waals surface area contributed by atoms with Gasteiger partial charge in [0.25, 0.3) is 11.8 Å². The van der Waals surface area contributed by atoms with Crippen LogP contribution in [-0.4, -0.2) is 194 Å². The third-order valence-corrected chi connectivity index (χ3v) is 16.1. The standard InChI is InChI=1S/C63H90N8O19/c1-10-47(74)39(4)56-48(88-56)35-62(8,85)26-14-15-37(2)55-38(3)17-22-49(87-42(7)72)63(9,27-25-45(73)33-54(79)89-55)90-61(84)70-31-29-69(30-32-70)60(83)86-36-43-18-20-44(21-19-43)67-59(82)46(34-50(64)75)68-58(81)41(6)66-57(80)40(5)65-51(76)16-12-11-13-28-71-52(77)23-24-53(71)78/h14-15,17-24,26,38-41,45-49,55-56,73-74,85H,10-13,16,25,27-36H2,1-9H3,(H2,64,75)(H,65,76)(H,66,80)(H,67,82)(H,68,81)/b22-17+,26-14+,37-15+/t38-,39?,40?,41?,45+,46?,47?,48+,49-,55+,56+,62?,63+/m0/s1. The first-order valence-corrected chi connectivity index (χ1v) is 30.5. The number of anilines is 1. The second-order valence-electron chi connectivity index (χ2n) is 24.0. The van der Waals surface area contributed by atoms with Gasteiger partial charge in [0.15, 0.2) is 11.7 Å². The number of amides is 9. The van der Waals surface area contributed by atoms with Crippen LogP contribution in [0.3, 0.4) is 0 Å². The summed E-state index contributed by atoms with van der Waals surface area (Å²) in [5, 5.41) is 42.5. The Kier molecular flexibility index (Phi) is 27.2. The number of aliphatic hydroxyl groups excluding tert-OH is 2. The third-order valence-electron chi connectivity index (χ3n) is 16.1. The van der Waals surface area contributed by atoms with Crippen molar-refractivity contribution in [3.8, 4) is 0 Å². The SMILES string of the molecule is CCC(O)C(C)[C@H]1O[C@@H]1CC(C)(O)/C=C/C=C(\C)[C@H]1OC(=O)C[C@H](O)CC[C@@](C)(OC(=O)N2CCN(C(=O)OCc3ccc(NC(=O)C(CC(N)=O)NC(=O)C(C)NC(=O)C(C)NC(=O)CCCCCN4C(=O)C=CC4=O)cc3)CC2)[C@@H](OC(C)=O)/C=C/[C@@H]1C. The number of hydrogen-bond acceptors (Lipinski definition) is 19. The van der Waals surface area contributed by atoms with Gasteiger partial charge in [0.05, 0.1) is 42.9 Å². The monoisotopic (exact) mass is 1260 g/mol. The normalized spacial score (nSPS) is 25.0. The summed E-state index contributed by atoms with van der Waals surface area (Å²) in [6, 6.07) is 2.42. The fraction of sp³-hybridized carbons (Fsp3) is 0.603. The molecule has 90 heavy (non-hydrogen) atoms. The first-order chi connectivity index (χ1) is 42.4. The second-order valence-corrected chi connectivity index (χ2v) is 24.0. The molecule has 5 rings (SSSR count). The zero-order valence-electron chi connectivity index (χ0n) is 52.8. The van der Waals surface area contributed by atoms with E-state index in [0.29, 0.717) is 43.2 Å². The van der Waals surface area contributed by atoms with Crippen LogP contribution in [0.5, 0.6) is 0 Å². The number of carbonyl (C=O) groups is 11.